The Hall–Kier alpha value is -1.49. The van der Waals surface area contributed by atoms with Crippen LogP contribution in [0.1, 0.15) is 6.42 Å². The van der Waals surface area contributed by atoms with E-state index in [1.165, 1.54) is 7.11 Å². The lowest BCUT2D eigenvalue weighted by atomic mass is 10.4. The molecule has 0 aromatic rings. The molecule has 1 amide bonds. The lowest BCUT2D eigenvalue weighted by Gasteiger charge is -2.20. The Bertz CT molecular complexity index is 276. The van der Waals surface area contributed by atoms with Crippen molar-refractivity contribution < 1.29 is 27.4 Å². The highest BCUT2D eigenvalue weighted by Gasteiger charge is 2.30. The highest BCUT2D eigenvalue weighted by molar-refractivity contribution is 5.67. The van der Waals surface area contributed by atoms with Crippen LogP contribution in [0.3, 0.4) is 0 Å². The van der Waals surface area contributed by atoms with Crippen LogP contribution in [0.15, 0.2) is 0 Å². The van der Waals surface area contributed by atoms with E-state index in [0.29, 0.717) is 0 Å². The molecule has 0 aromatic carbocycles. The molecule has 0 N–H and O–H groups in total. The largest absolute Gasteiger partial charge is 0.440 e. The van der Waals surface area contributed by atoms with Crippen molar-refractivity contribution in [2.45, 2.75) is 12.6 Å². The molecule has 0 radical (unpaired) electrons. The van der Waals surface area contributed by atoms with E-state index in [1.54, 1.807) is 6.07 Å². The Balaban J connectivity index is 4.17. The van der Waals surface area contributed by atoms with Crippen LogP contribution in [0.4, 0.5) is 18.0 Å². The fraction of sp³-hybridized carbons (Fsp3) is 0.778. The van der Waals surface area contributed by atoms with Gasteiger partial charge in [0.15, 0.2) is 6.61 Å². The molecule has 8 heteroatoms. The zero-order valence-electron chi connectivity index (χ0n) is 9.29. The van der Waals surface area contributed by atoms with E-state index in [2.05, 4.69) is 4.74 Å². The van der Waals surface area contributed by atoms with E-state index >= 15 is 0 Å². The molecule has 0 fully saturated rings. The fourth-order valence-electron chi connectivity index (χ4n) is 0.916. The quantitative estimate of drug-likeness (QED) is 0.721. The summed E-state index contributed by atoms with van der Waals surface area (Å²) in [6.07, 6.45) is -5.64. The van der Waals surface area contributed by atoms with Crippen molar-refractivity contribution in [3.63, 3.8) is 0 Å². The number of alkyl halides is 3. The Morgan fingerprint density at radius 3 is 2.53 bits per heavy atom. The highest BCUT2D eigenvalue weighted by atomic mass is 19.4. The first-order chi connectivity index (χ1) is 7.90. The molecule has 0 saturated carbocycles. The third-order valence-corrected chi connectivity index (χ3v) is 1.68. The second-order valence-electron chi connectivity index (χ2n) is 3.06. The minimum absolute atomic E-state index is 0.0105. The lowest BCUT2D eigenvalue weighted by Crippen LogP contribution is -2.37. The maximum absolute atomic E-state index is 11.8. The maximum Gasteiger partial charge on any atom is 0.422 e. The van der Waals surface area contributed by atoms with Gasteiger partial charge in [-0.05, 0) is 0 Å². The van der Waals surface area contributed by atoms with Gasteiger partial charge in [-0.25, -0.2) is 4.79 Å². The van der Waals surface area contributed by atoms with Crippen molar-refractivity contribution in [1.82, 2.24) is 4.90 Å². The zero-order valence-corrected chi connectivity index (χ0v) is 9.29. The third kappa shape index (κ3) is 8.33. The van der Waals surface area contributed by atoms with E-state index < -0.39 is 18.9 Å². The molecule has 0 aliphatic carbocycles. The number of hydrogen-bond donors (Lipinski definition) is 0. The first kappa shape index (κ1) is 15.5. The molecule has 0 heterocycles. The average molecular weight is 254 g/mol. The number of methoxy groups -OCH3 is 1. The number of nitriles is 1. The van der Waals surface area contributed by atoms with E-state index in [0.717, 1.165) is 4.90 Å². The first-order valence-corrected chi connectivity index (χ1v) is 4.75. The topological polar surface area (TPSA) is 62.6 Å². The van der Waals surface area contributed by atoms with Crippen LogP contribution in [-0.2, 0) is 9.47 Å². The normalized spacial score (nSPS) is 10.8. The molecule has 0 unspecified atom stereocenters. The molecule has 0 bridgehead atoms. The lowest BCUT2D eigenvalue weighted by molar-refractivity contribution is -0.162. The number of rotatable bonds is 6. The van der Waals surface area contributed by atoms with Crippen LogP contribution < -0.4 is 0 Å². The summed E-state index contributed by atoms with van der Waals surface area (Å²) < 4.78 is 44.2. The van der Waals surface area contributed by atoms with Gasteiger partial charge in [-0.2, -0.15) is 18.4 Å². The molecule has 0 rings (SSSR count). The Morgan fingerprint density at radius 1 is 1.41 bits per heavy atom. The summed E-state index contributed by atoms with van der Waals surface area (Å²) >= 11 is 0. The predicted octanol–water partition coefficient (Wildman–Crippen LogP) is 1.55. The van der Waals surface area contributed by atoms with Gasteiger partial charge < -0.3 is 14.4 Å². The average Bonchev–Trinajstić information content (AvgIpc) is 2.25. The van der Waals surface area contributed by atoms with Crippen molar-refractivity contribution >= 4 is 6.09 Å². The maximum atomic E-state index is 11.8. The van der Waals surface area contributed by atoms with Crippen molar-refractivity contribution in [3.8, 4) is 6.07 Å². The van der Waals surface area contributed by atoms with Crippen LogP contribution in [0.5, 0.6) is 0 Å². The number of ether oxygens (including phenoxy) is 2. The van der Waals surface area contributed by atoms with Crippen molar-refractivity contribution in [2.24, 2.45) is 0 Å². The Labute approximate surface area is 96.7 Å². The van der Waals surface area contributed by atoms with Gasteiger partial charge in [-0.3, -0.25) is 0 Å². The molecule has 0 spiro atoms. The summed E-state index contributed by atoms with van der Waals surface area (Å²) in [4.78, 5) is 12.2. The monoisotopic (exact) mass is 254 g/mol. The van der Waals surface area contributed by atoms with E-state index in [1.807, 2.05) is 0 Å². The molecule has 0 aliphatic rings. The number of nitrogens with zero attached hydrogens (tertiary/aromatic N) is 2. The molecule has 0 atom stereocenters. The minimum atomic E-state index is -4.56. The summed E-state index contributed by atoms with van der Waals surface area (Å²) in [5, 5.41) is 8.34. The van der Waals surface area contributed by atoms with Gasteiger partial charge >= 0.3 is 12.3 Å². The molecule has 98 valence electrons. The SMILES string of the molecule is COCCN(CCC#N)C(=O)OCC(F)(F)F. The van der Waals surface area contributed by atoms with Crippen molar-refractivity contribution in [1.29, 1.82) is 5.26 Å². The van der Waals surface area contributed by atoms with Gasteiger partial charge in [-0.1, -0.05) is 0 Å². The van der Waals surface area contributed by atoms with Gasteiger partial charge in [0.1, 0.15) is 0 Å². The summed E-state index contributed by atoms with van der Waals surface area (Å²) in [5.74, 6) is 0. The fourth-order valence-corrected chi connectivity index (χ4v) is 0.916. The molecular weight excluding hydrogens is 241 g/mol. The summed E-state index contributed by atoms with van der Waals surface area (Å²) in [7, 11) is 1.39. The molecular formula is C9H13F3N2O3. The van der Waals surface area contributed by atoms with E-state index in [-0.39, 0.29) is 26.1 Å². The standard InChI is InChI=1S/C9H13F3N2O3/c1-16-6-5-14(4-2-3-13)8(15)17-7-9(10,11)12/h2,4-7H2,1H3. The Kier molecular flexibility index (Phi) is 7.05. The summed E-state index contributed by atoms with van der Waals surface area (Å²) in [5.41, 5.74) is 0. The molecule has 5 nitrogen and oxygen atoms in total. The number of carbonyl (C=O) groups excluding carboxylic acids is 1. The van der Waals surface area contributed by atoms with Crippen molar-refractivity contribution in [3.05, 3.63) is 0 Å². The van der Waals surface area contributed by atoms with Crippen LogP contribution in [0.2, 0.25) is 0 Å². The van der Waals surface area contributed by atoms with Gasteiger partial charge in [-0.15, -0.1) is 0 Å². The predicted molar refractivity (Wildman–Crippen MR) is 51.1 cm³/mol. The third-order valence-electron chi connectivity index (χ3n) is 1.68. The van der Waals surface area contributed by atoms with Crippen LogP contribution in [0.25, 0.3) is 0 Å². The first-order valence-electron chi connectivity index (χ1n) is 4.75. The zero-order chi connectivity index (χ0) is 13.3. The van der Waals surface area contributed by atoms with Gasteiger partial charge in [0, 0.05) is 20.2 Å². The Morgan fingerprint density at radius 2 is 2.06 bits per heavy atom. The van der Waals surface area contributed by atoms with Crippen LogP contribution in [-0.4, -0.2) is 50.6 Å². The molecule has 0 aromatic heterocycles. The van der Waals surface area contributed by atoms with Gasteiger partial charge in [0.05, 0.1) is 19.1 Å². The minimum Gasteiger partial charge on any atom is -0.440 e. The molecule has 17 heavy (non-hydrogen) atoms. The van der Waals surface area contributed by atoms with Crippen molar-refractivity contribution in [2.75, 3.05) is 33.4 Å². The van der Waals surface area contributed by atoms with E-state index in [9.17, 15) is 18.0 Å². The summed E-state index contributed by atoms with van der Waals surface area (Å²) in [6, 6.07) is 1.79. The van der Waals surface area contributed by atoms with Crippen LogP contribution >= 0.6 is 0 Å². The summed E-state index contributed by atoms with van der Waals surface area (Å²) in [6.45, 7) is -1.39. The second-order valence-corrected chi connectivity index (χ2v) is 3.06. The highest BCUT2D eigenvalue weighted by Crippen LogP contribution is 2.15. The smallest absolute Gasteiger partial charge is 0.422 e. The number of hydrogen-bond acceptors (Lipinski definition) is 4. The van der Waals surface area contributed by atoms with E-state index in [4.69, 9.17) is 10.00 Å². The van der Waals surface area contributed by atoms with Crippen LogP contribution in [0, 0.1) is 11.3 Å². The number of amides is 1. The van der Waals surface area contributed by atoms with Gasteiger partial charge in [0.2, 0.25) is 0 Å². The molecule has 0 aliphatic heterocycles. The number of halogens is 3. The van der Waals surface area contributed by atoms with Gasteiger partial charge in [0.25, 0.3) is 0 Å². The number of carbonyl (C=O) groups is 1. The molecule has 0 saturated heterocycles. The second kappa shape index (κ2) is 7.73.